The van der Waals surface area contributed by atoms with Crippen LogP contribution in [-0.2, 0) is 0 Å². The highest BCUT2D eigenvalue weighted by Crippen LogP contribution is 2.29. The fourth-order valence-electron chi connectivity index (χ4n) is 4.17. The molecule has 152 valence electrons. The van der Waals surface area contributed by atoms with Gasteiger partial charge in [0.2, 0.25) is 0 Å². The molecule has 1 aliphatic rings. The Hall–Kier alpha value is -3.12. The van der Waals surface area contributed by atoms with Crippen LogP contribution in [0.15, 0.2) is 55.0 Å². The Morgan fingerprint density at radius 1 is 0.867 bits per heavy atom. The summed E-state index contributed by atoms with van der Waals surface area (Å²) < 4.78 is 1.91. The smallest absolute Gasteiger partial charge is 0.168 e. The van der Waals surface area contributed by atoms with E-state index >= 15 is 0 Å². The van der Waals surface area contributed by atoms with Gasteiger partial charge in [0.25, 0.3) is 0 Å². The van der Waals surface area contributed by atoms with Gasteiger partial charge < -0.3 is 9.80 Å². The standard InChI is InChI=1S/C23H23ClN6/c1-16-7-8-20(17(2)13-16)30-23-18(14-27-30)22(25-15-26-23)29-11-9-28(10-12-29)21-6-4-3-5-19(21)24/h3-8,13-15H,9-12H2,1-2H3. The predicted molar refractivity (Wildman–Crippen MR) is 122 cm³/mol. The minimum absolute atomic E-state index is 0.796. The minimum atomic E-state index is 0.796. The third kappa shape index (κ3) is 3.27. The lowest BCUT2D eigenvalue weighted by molar-refractivity contribution is 0.649. The molecule has 0 amide bonds. The molecule has 3 heterocycles. The summed E-state index contributed by atoms with van der Waals surface area (Å²) in [4.78, 5) is 13.8. The topological polar surface area (TPSA) is 50.1 Å². The Balaban J connectivity index is 1.44. The van der Waals surface area contributed by atoms with Crippen LogP contribution in [0.4, 0.5) is 11.5 Å². The lowest BCUT2D eigenvalue weighted by Gasteiger charge is -2.37. The average molecular weight is 419 g/mol. The van der Waals surface area contributed by atoms with Crippen LogP contribution < -0.4 is 9.80 Å². The number of nitrogens with zero attached hydrogens (tertiary/aromatic N) is 6. The van der Waals surface area contributed by atoms with Crippen LogP contribution in [0.2, 0.25) is 5.02 Å². The number of rotatable bonds is 3. The van der Waals surface area contributed by atoms with Gasteiger partial charge in [0.15, 0.2) is 5.65 Å². The molecule has 4 aromatic rings. The van der Waals surface area contributed by atoms with Crippen molar-refractivity contribution in [1.82, 2.24) is 19.7 Å². The summed E-state index contributed by atoms with van der Waals surface area (Å²) in [5.41, 5.74) is 5.38. The Labute approximate surface area is 180 Å². The van der Waals surface area contributed by atoms with Crippen LogP contribution in [0.3, 0.4) is 0 Å². The normalized spacial score (nSPS) is 14.5. The van der Waals surface area contributed by atoms with Gasteiger partial charge in [-0.3, -0.25) is 0 Å². The van der Waals surface area contributed by atoms with Crippen molar-refractivity contribution in [3.8, 4) is 5.69 Å². The van der Waals surface area contributed by atoms with Crippen LogP contribution in [0, 0.1) is 13.8 Å². The molecule has 2 aromatic carbocycles. The molecule has 0 N–H and O–H groups in total. The van der Waals surface area contributed by atoms with Gasteiger partial charge in [0.05, 0.1) is 28.0 Å². The fraction of sp³-hybridized carbons (Fsp3) is 0.261. The van der Waals surface area contributed by atoms with E-state index < -0.39 is 0 Å². The molecule has 0 saturated carbocycles. The van der Waals surface area contributed by atoms with Gasteiger partial charge >= 0.3 is 0 Å². The molecule has 2 aromatic heterocycles. The first-order valence-corrected chi connectivity index (χ1v) is 10.5. The van der Waals surface area contributed by atoms with Crippen LogP contribution in [0.1, 0.15) is 11.1 Å². The van der Waals surface area contributed by atoms with Crippen molar-refractivity contribution in [2.45, 2.75) is 13.8 Å². The van der Waals surface area contributed by atoms with Gasteiger partial charge in [-0.25, -0.2) is 14.6 Å². The number of hydrogen-bond donors (Lipinski definition) is 0. The summed E-state index contributed by atoms with van der Waals surface area (Å²) in [5.74, 6) is 0.940. The van der Waals surface area contributed by atoms with E-state index in [1.165, 1.54) is 11.1 Å². The Morgan fingerprint density at radius 3 is 2.40 bits per heavy atom. The number of benzene rings is 2. The number of halogens is 1. The molecule has 0 radical (unpaired) electrons. The second-order valence-electron chi connectivity index (χ2n) is 7.71. The number of aryl methyl sites for hydroxylation is 2. The largest absolute Gasteiger partial charge is 0.367 e. The molecule has 0 aliphatic carbocycles. The Kier molecular flexibility index (Phi) is 4.79. The van der Waals surface area contributed by atoms with Gasteiger partial charge in [-0.2, -0.15) is 5.10 Å². The van der Waals surface area contributed by atoms with Crippen molar-refractivity contribution in [3.05, 3.63) is 71.1 Å². The van der Waals surface area contributed by atoms with Crippen LogP contribution >= 0.6 is 11.6 Å². The molecule has 5 rings (SSSR count). The molecule has 30 heavy (non-hydrogen) atoms. The van der Waals surface area contributed by atoms with Gasteiger partial charge in [-0.15, -0.1) is 0 Å². The minimum Gasteiger partial charge on any atom is -0.367 e. The predicted octanol–water partition coefficient (Wildman–Crippen LogP) is 4.41. The molecule has 1 saturated heterocycles. The molecular weight excluding hydrogens is 396 g/mol. The van der Waals surface area contributed by atoms with Crippen LogP contribution in [-0.4, -0.2) is 45.9 Å². The Bertz CT molecular complexity index is 1210. The number of anilines is 2. The summed E-state index contributed by atoms with van der Waals surface area (Å²) in [7, 11) is 0. The summed E-state index contributed by atoms with van der Waals surface area (Å²) in [6, 6.07) is 14.4. The Morgan fingerprint density at radius 2 is 1.63 bits per heavy atom. The maximum atomic E-state index is 6.39. The molecule has 0 bridgehead atoms. The highest BCUT2D eigenvalue weighted by Gasteiger charge is 2.22. The van der Waals surface area contributed by atoms with Crippen molar-refractivity contribution in [2.24, 2.45) is 0 Å². The number of fused-ring (bicyclic) bond motifs is 1. The second kappa shape index (κ2) is 7.61. The zero-order chi connectivity index (χ0) is 20.7. The van der Waals surface area contributed by atoms with Crippen LogP contribution in [0.5, 0.6) is 0 Å². The molecule has 0 atom stereocenters. The van der Waals surface area contributed by atoms with Gasteiger partial charge in [-0.05, 0) is 37.6 Å². The number of piperazine rings is 1. The van der Waals surface area contributed by atoms with Gasteiger partial charge in [-0.1, -0.05) is 41.4 Å². The van der Waals surface area contributed by atoms with E-state index in [0.717, 1.165) is 59.4 Å². The van der Waals surface area contributed by atoms with E-state index in [2.05, 4.69) is 63.0 Å². The molecule has 7 heteroatoms. The molecule has 0 unspecified atom stereocenters. The van der Waals surface area contributed by atoms with E-state index in [4.69, 9.17) is 11.6 Å². The highest BCUT2D eigenvalue weighted by molar-refractivity contribution is 6.33. The summed E-state index contributed by atoms with van der Waals surface area (Å²) in [5, 5.41) is 6.42. The molecule has 0 spiro atoms. The lowest BCUT2D eigenvalue weighted by Crippen LogP contribution is -2.47. The third-order valence-corrected chi connectivity index (χ3v) is 6.02. The zero-order valence-corrected chi connectivity index (χ0v) is 17.8. The average Bonchev–Trinajstić information content (AvgIpc) is 3.18. The number of aromatic nitrogens is 4. The van der Waals surface area contributed by atoms with E-state index in [1.54, 1.807) is 6.33 Å². The maximum Gasteiger partial charge on any atom is 0.168 e. The van der Waals surface area contributed by atoms with E-state index in [-0.39, 0.29) is 0 Å². The van der Waals surface area contributed by atoms with Crippen molar-refractivity contribution in [1.29, 1.82) is 0 Å². The first-order chi connectivity index (χ1) is 14.6. The SMILES string of the molecule is Cc1ccc(-n2ncc3c(N4CCN(c5ccccc5Cl)CC4)ncnc32)c(C)c1. The second-order valence-corrected chi connectivity index (χ2v) is 8.11. The molecular formula is C23H23ClN6. The highest BCUT2D eigenvalue weighted by atomic mass is 35.5. The third-order valence-electron chi connectivity index (χ3n) is 5.70. The summed E-state index contributed by atoms with van der Waals surface area (Å²) in [6.07, 6.45) is 3.52. The van der Waals surface area contributed by atoms with Crippen molar-refractivity contribution < 1.29 is 0 Å². The molecule has 1 aliphatic heterocycles. The summed E-state index contributed by atoms with van der Waals surface area (Å²) >= 11 is 6.39. The van der Waals surface area contributed by atoms with Crippen molar-refractivity contribution in [3.63, 3.8) is 0 Å². The fourth-order valence-corrected chi connectivity index (χ4v) is 4.43. The zero-order valence-electron chi connectivity index (χ0n) is 17.1. The molecule has 1 fully saturated rings. The van der Waals surface area contributed by atoms with E-state index in [1.807, 2.05) is 29.1 Å². The van der Waals surface area contributed by atoms with Crippen LogP contribution in [0.25, 0.3) is 16.7 Å². The van der Waals surface area contributed by atoms with Crippen molar-refractivity contribution in [2.75, 3.05) is 36.0 Å². The van der Waals surface area contributed by atoms with E-state index in [9.17, 15) is 0 Å². The van der Waals surface area contributed by atoms with Crippen molar-refractivity contribution >= 4 is 34.1 Å². The number of para-hydroxylation sites is 1. The number of hydrogen-bond acceptors (Lipinski definition) is 5. The first-order valence-electron chi connectivity index (χ1n) is 10.1. The summed E-state index contributed by atoms with van der Waals surface area (Å²) in [6.45, 7) is 7.71. The first kappa shape index (κ1) is 18.9. The lowest BCUT2D eigenvalue weighted by atomic mass is 10.1. The maximum absolute atomic E-state index is 6.39. The van der Waals surface area contributed by atoms with Gasteiger partial charge in [0, 0.05) is 26.2 Å². The quantitative estimate of drug-likeness (QED) is 0.493. The monoisotopic (exact) mass is 418 g/mol. The molecule has 6 nitrogen and oxygen atoms in total. The van der Waals surface area contributed by atoms with Gasteiger partial charge in [0.1, 0.15) is 12.1 Å². The van der Waals surface area contributed by atoms with E-state index in [0.29, 0.717) is 0 Å².